The van der Waals surface area contributed by atoms with Gasteiger partial charge in [-0.3, -0.25) is 9.98 Å². The van der Waals surface area contributed by atoms with Crippen LogP contribution in [0.1, 0.15) is 75.6 Å². The van der Waals surface area contributed by atoms with E-state index in [2.05, 4.69) is 90.1 Å². The van der Waals surface area contributed by atoms with Gasteiger partial charge in [0.05, 0.1) is 36.5 Å². The van der Waals surface area contributed by atoms with Crippen molar-refractivity contribution in [3.05, 3.63) is 70.8 Å². The van der Waals surface area contributed by atoms with Gasteiger partial charge in [-0.05, 0) is 63.8 Å². The van der Waals surface area contributed by atoms with Crippen LogP contribution in [0.2, 0.25) is 0 Å². The first-order chi connectivity index (χ1) is 15.2. The Bertz CT molecular complexity index is 869. The van der Waals surface area contributed by atoms with Crippen molar-refractivity contribution < 1.29 is 9.47 Å². The standard InChI is InChI=1S/C28H36N2O2/c1-27(2,3)31-17-15-29-25-23-19-11-7-9-13-21(19)24(22-14-10-8-12-20(22)23)26(25)30-16-18-32-28(4,5)6/h7-16,23-26H,17-18H2,1-6H3/t23?,24?,25-,26-/m1/s1. The van der Waals surface area contributed by atoms with Gasteiger partial charge in [-0.2, -0.15) is 0 Å². The molecule has 0 unspecified atom stereocenters. The molecule has 2 aromatic carbocycles. The van der Waals surface area contributed by atoms with Gasteiger partial charge in [0.2, 0.25) is 0 Å². The maximum absolute atomic E-state index is 5.90. The van der Waals surface area contributed by atoms with Crippen molar-refractivity contribution in [1.29, 1.82) is 0 Å². The van der Waals surface area contributed by atoms with Crippen molar-refractivity contribution in [2.24, 2.45) is 9.98 Å². The second kappa shape index (κ2) is 8.92. The molecule has 0 fully saturated rings. The Labute approximate surface area is 192 Å². The van der Waals surface area contributed by atoms with Crippen LogP contribution >= 0.6 is 0 Å². The molecule has 0 spiro atoms. The van der Waals surface area contributed by atoms with E-state index in [1.165, 1.54) is 22.3 Å². The molecular weight excluding hydrogens is 396 g/mol. The van der Waals surface area contributed by atoms with Gasteiger partial charge in [-0.15, -0.1) is 0 Å². The Balaban J connectivity index is 1.70. The maximum atomic E-state index is 5.90. The summed E-state index contributed by atoms with van der Waals surface area (Å²) in [5.74, 6) is 0.396. The number of nitrogens with zero attached hydrogens (tertiary/aromatic N) is 2. The molecule has 32 heavy (non-hydrogen) atoms. The summed E-state index contributed by atoms with van der Waals surface area (Å²) in [6.45, 7) is 13.4. The zero-order valence-electron chi connectivity index (χ0n) is 20.2. The molecule has 4 heteroatoms. The summed E-state index contributed by atoms with van der Waals surface area (Å²) in [7, 11) is 0. The lowest BCUT2D eigenvalue weighted by molar-refractivity contribution is 0.0222. The molecule has 0 amide bonds. The molecule has 0 saturated carbocycles. The smallest absolute Gasteiger partial charge is 0.0838 e. The Hall–Kier alpha value is -2.30. The van der Waals surface area contributed by atoms with Crippen molar-refractivity contribution in [1.82, 2.24) is 0 Å². The Kier molecular flexibility index (Phi) is 6.37. The highest BCUT2D eigenvalue weighted by molar-refractivity contribution is 5.65. The quantitative estimate of drug-likeness (QED) is 0.543. The van der Waals surface area contributed by atoms with Gasteiger partial charge in [-0.1, -0.05) is 48.5 Å². The average molecular weight is 433 g/mol. The van der Waals surface area contributed by atoms with Crippen LogP contribution in [-0.4, -0.2) is 48.9 Å². The van der Waals surface area contributed by atoms with Crippen molar-refractivity contribution >= 4 is 12.4 Å². The monoisotopic (exact) mass is 432 g/mol. The third-order valence-corrected chi connectivity index (χ3v) is 6.10. The van der Waals surface area contributed by atoms with Crippen LogP contribution in [0.3, 0.4) is 0 Å². The van der Waals surface area contributed by atoms with Gasteiger partial charge in [0.25, 0.3) is 0 Å². The summed E-state index contributed by atoms with van der Waals surface area (Å²) >= 11 is 0. The lowest BCUT2D eigenvalue weighted by Crippen LogP contribution is -2.45. The second-order valence-electron chi connectivity index (χ2n) is 10.7. The summed E-state index contributed by atoms with van der Waals surface area (Å²) in [4.78, 5) is 10.1. The number of hydrogen-bond donors (Lipinski definition) is 0. The predicted molar refractivity (Wildman–Crippen MR) is 133 cm³/mol. The van der Waals surface area contributed by atoms with E-state index in [0.29, 0.717) is 13.2 Å². The highest BCUT2D eigenvalue weighted by atomic mass is 16.5. The fraction of sp³-hybridized carbons (Fsp3) is 0.500. The topological polar surface area (TPSA) is 43.2 Å². The molecule has 0 radical (unpaired) electrons. The average Bonchev–Trinajstić information content (AvgIpc) is 2.73. The van der Waals surface area contributed by atoms with E-state index in [9.17, 15) is 0 Å². The van der Waals surface area contributed by atoms with Crippen LogP contribution in [0.15, 0.2) is 58.5 Å². The largest absolute Gasteiger partial charge is 0.370 e. The lowest BCUT2D eigenvalue weighted by atomic mass is 9.59. The van der Waals surface area contributed by atoms with Gasteiger partial charge in [0.1, 0.15) is 0 Å². The highest BCUT2D eigenvalue weighted by Gasteiger charge is 2.49. The second-order valence-corrected chi connectivity index (χ2v) is 10.7. The van der Waals surface area contributed by atoms with E-state index >= 15 is 0 Å². The molecule has 2 bridgehead atoms. The Morgan fingerprint density at radius 2 is 0.938 bits per heavy atom. The minimum absolute atomic E-state index is 0.0410. The first kappa shape index (κ1) is 22.9. The van der Waals surface area contributed by atoms with Crippen LogP contribution in [-0.2, 0) is 9.47 Å². The molecule has 0 aliphatic heterocycles. The van der Waals surface area contributed by atoms with E-state index in [4.69, 9.17) is 19.5 Å². The number of aliphatic imine (C=N–C) groups is 2. The summed E-state index contributed by atoms with van der Waals surface area (Å²) < 4.78 is 11.8. The molecule has 0 aromatic heterocycles. The van der Waals surface area contributed by atoms with Crippen LogP contribution in [0.4, 0.5) is 0 Å². The fourth-order valence-corrected chi connectivity index (χ4v) is 4.87. The minimum Gasteiger partial charge on any atom is -0.370 e. The molecule has 5 rings (SSSR count). The summed E-state index contributed by atoms with van der Waals surface area (Å²) in [6.07, 6.45) is 3.88. The molecule has 3 aliphatic rings. The first-order valence-corrected chi connectivity index (χ1v) is 11.6. The molecule has 4 nitrogen and oxygen atoms in total. The molecule has 2 aromatic rings. The zero-order valence-corrected chi connectivity index (χ0v) is 20.2. The third kappa shape index (κ3) is 4.87. The summed E-state index contributed by atoms with van der Waals surface area (Å²) in [6, 6.07) is 17.7. The van der Waals surface area contributed by atoms with Gasteiger partial charge in [0.15, 0.2) is 0 Å². The first-order valence-electron chi connectivity index (χ1n) is 11.6. The van der Waals surface area contributed by atoms with Crippen LogP contribution in [0.25, 0.3) is 0 Å². The number of benzene rings is 2. The summed E-state index contributed by atoms with van der Waals surface area (Å²) in [5.41, 5.74) is 5.16. The van der Waals surface area contributed by atoms with Gasteiger partial charge in [0, 0.05) is 24.3 Å². The summed E-state index contributed by atoms with van der Waals surface area (Å²) in [5, 5.41) is 0. The van der Waals surface area contributed by atoms with Gasteiger partial charge >= 0.3 is 0 Å². The van der Waals surface area contributed by atoms with Crippen LogP contribution in [0, 0.1) is 0 Å². The molecule has 0 N–H and O–H groups in total. The van der Waals surface area contributed by atoms with Crippen molar-refractivity contribution in [3.63, 3.8) is 0 Å². The van der Waals surface area contributed by atoms with E-state index in [1.54, 1.807) is 0 Å². The Morgan fingerprint density at radius 1 is 0.625 bits per heavy atom. The molecule has 0 heterocycles. The van der Waals surface area contributed by atoms with E-state index < -0.39 is 0 Å². The van der Waals surface area contributed by atoms with Crippen molar-refractivity contribution in [2.45, 2.75) is 76.7 Å². The highest BCUT2D eigenvalue weighted by Crippen LogP contribution is 2.54. The van der Waals surface area contributed by atoms with Gasteiger partial charge in [-0.25, -0.2) is 0 Å². The molecule has 2 atom stereocenters. The SMILES string of the molecule is CC(C)(C)OCC=N[C@@H]1C2c3ccccc3C(c3ccccc32)[C@H]1N=CCOC(C)(C)C. The normalized spacial score (nSPS) is 24.8. The van der Waals surface area contributed by atoms with E-state index in [0.717, 1.165) is 0 Å². The number of fused-ring (bicyclic) bond motifs is 1. The van der Waals surface area contributed by atoms with Crippen molar-refractivity contribution in [2.75, 3.05) is 13.2 Å². The van der Waals surface area contributed by atoms with Crippen molar-refractivity contribution in [3.8, 4) is 0 Å². The molecule has 3 aliphatic carbocycles. The van der Waals surface area contributed by atoms with Gasteiger partial charge < -0.3 is 9.47 Å². The third-order valence-electron chi connectivity index (χ3n) is 6.10. The predicted octanol–water partition coefficient (Wildman–Crippen LogP) is 5.79. The van der Waals surface area contributed by atoms with E-state index in [1.807, 2.05) is 12.4 Å². The fourth-order valence-electron chi connectivity index (χ4n) is 4.87. The maximum Gasteiger partial charge on any atom is 0.0838 e. The van der Waals surface area contributed by atoms with Crippen LogP contribution < -0.4 is 0 Å². The molecule has 170 valence electrons. The molecular formula is C28H36N2O2. The van der Waals surface area contributed by atoms with E-state index in [-0.39, 0.29) is 35.1 Å². The van der Waals surface area contributed by atoms with Crippen LogP contribution in [0.5, 0.6) is 0 Å². The number of rotatable bonds is 6. The number of ether oxygens (including phenoxy) is 2. The zero-order chi connectivity index (χ0) is 22.9. The number of hydrogen-bond acceptors (Lipinski definition) is 4. The Morgan fingerprint density at radius 3 is 1.22 bits per heavy atom. The lowest BCUT2D eigenvalue weighted by Gasteiger charge is -2.47. The minimum atomic E-state index is -0.182. The molecule has 0 saturated heterocycles.